The number of aldehydes is 1. The van der Waals surface area contributed by atoms with Gasteiger partial charge in [0.2, 0.25) is 0 Å². The molecular formula is C13H17FO4. The number of hydrogen-bond donors (Lipinski definition) is 0. The Balaban J connectivity index is 2.63. The molecular weight excluding hydrogens is 239 g/mol. The zero-order valence-corrected chi connectivity index (χ0v) is 10.5. The Morgan fingerprint density at radius 2 is 1.94 bits per heavy atom. The van der Waals surface area contributed by atoms with E-state index in [0.29, 0.717) is 25.2 Å². The van der Waals surface area contributed by atoms with Crippen molar-refractivity contribution < 1.29 is 23.4 Å². The van der Waals surface area contributed by atoms with Crippen LogP contribution < -0.4 is 4.74 Å². The van der Waals surface area contributed by atoms with Crippen molar-refractivity contribution in [1.82, 2.24) is 0 Å². The van der Waals surface area contributed by atoms with Crippen LogP contribution in [0.1, 0.15) is 24.2 Å². The summed E-state index contributed by atoms with van der Waals surface area (Å²) < 4.78 is 28.9. The molecule has 0 fully saturated rings. The number of carbonyl (C=O) groups excluding carboxylic acids is 1. The zero-order chi connectivity index (χ0) is 13.4. The van der Waals surface area contributed by atoms with Crippen LogP contribution in [0.25, 0.3) is 0 Å². The average Bonchev–Trinajstić information content (AvgIpc) is 2.37. The van der Waals surface area contributed by atoms with Gasteiger partial charge in [0.05, 0.1) is 5.56 Å². The third-order valence-electron chi connectivity index (χ3n) is 2.18. The predicted molar refractivity (Wildman–Crippen MR) is 64.3 cm³/mol. The lowest BCUT2D eigenvalue weighted by molar-refractivity contribution is -0.152. The molecule has 0 unspecified atom stereocenters. The first-order chi connectivity index (χ1) is 8.71. The van der Waals surface area contributed by atoms with Crippen molar-refractivity contribution in [2.75, 3.05) is 19.8 Å². The molecule has 1 aromatic rings. The summed E-state index contributed by atoms with van der Waals surface area (Å²) >= 11 is 0. The number of halogens is 1. The lowest BCUT2D eigenvalue weighted by atomic mass is 10.2. The van der Waals surface area contributed by atoms with Gasteiger partial charge >= 0.3 is 0 Å². The number of rotatable bonds is 8. The molecule has 0 saturated carbocycles. The van der Waals surface area contributed by atoms with Crippen molar-refractivity contribution in [3.63, 3.8) is 0 Å². The predicted octanol–water partition coefficient (Wildman–Crippen LogP) is 2.42. The smallest absolute Gasteiger partial charge is 0.191 e. The van der Waals surface area contributed by atoms with Gasteiger partial charge in [-0.25, -0.2) is 4.39 Å². The quantitative estimate of drug-likeness (QED) is 0.529. The molecule has 100 valence electrons. The molecule has 0 spiro atoms. The molecule has 0 heterocycles. The minimum atomic E-state index is -0.496. The first kappa shape index (κ1) is 14.6. The lowest BCUT2D eigenvalue weighted by Crippen LogP contribution is -2.25. The van der Waals surface area contributed by atoms with E-state index in [1.165, 1.54) is 12.1 Å². The van der Waals surface area contributed by atoms with Crippen LogP contribution in [0.2, 0.25) is 0 Å². The van der Waals surface area contributed by atoms with Gasteiger partial charge in [0.25, 0.3) is 0 Å². The highest BCUT2D eigenvalue weighted by Crippen LogP contribution is 2.18. The fraction of sp³-hybridized carbons (Fsp3) is 0.462. The summed E-state index contributed by atoms with van der Waals surface area (Å²) in [5, 5.41) is 0. The van der Waals surface area contributed by atoms with Gasteiger partial charge in [0.1, 0.15) is 18.2 Å². The first-order valence-corrected chi connectivity index (χ1v) is 5.82. The van der Waals surface area contributed by atoms with Crippen LogP contribution in [0.4, 0.5) is 4.39 Å². The molecule has 1 rings (SSSR count). The highest BCUT2D eigenvalue weighted by atomic mass is 19.1. The topological polar surface area (TPSA) is 44.8 Å². The molecule has 0 bridgehead atoms. The molecule has 0 aromatic heterocycles. The van der Waals surface area contributed by atoms with E-state index in [9.17, 15) is 9.18 Å². The number of hydrogen-bond acceptors (Lipinski definition) is 4. The average molecular weight is 256 g/mol. The standard InChI is InChI=1S/C13H17FO4/c1-3-16-13(17-4-2)9-18-12-6-5-11(14)7-10(12)8-15/h5-8,13H,3-4,9H2,1-2H3. The first-order valence-electron chi connectivity index (χ1n) is 5.82. The van der Waals surface area contributed by atoms with E-state index >= 15 is 0 Å². The summed E-state index contributed by atoms with van der Waals surface area (Å²) in [6, 6.07) is 3.77. The van der Waals surface area contributed by atoms with Crippen molar-refractivity contribution >= 4 is 6.29 Å². The Morgan fingerprint density at radius 1 is 1.28 bits per heavy atom. The van der Waals surface area contributed by atoms with Crippen LogP contribution in [-0.2, 0) is 9.47 Å². The van der Waals surface area contributed by atoms with E-state index in [1.54, 1.807) is 0 Å². The zero-order valence-electron chi connectivity index (χ0n) is 10.5. The molecule has 0 saturated heterocycles. The molecule has 0 aliphatic carbocycles. The van der Waals surface area contributed by atoms with Crippen LogP contribution in [0.15, 0.2) is 18.2 Å². The van der Waals surface area contributed by atoms with Gasteiger partial charge in [-0.15, -0.1) is 0 Å². The highest BCUT2D eigenvalue weighted by molar-refractivity contribution is 5.79. The van der Waals surface area contributed by atoms with E-state index < -0.39 is 12.1 Å². The monoisotopic (exact) mass is 256 g/mol. The Hall–Kier alpha value is -1.46. The number of benzene rings is 1. The van der Waals surface area contributed by atoms with E-state index in [2.05, 4.69) is 0 Å². The fourth-order valence-corrected chi connectivity index (χ4v) is 1.42. The Kier molecular flexibility index (Phi) is 6.32. The minimum absolute atomic E-state index is 0.147. The molecule has 0 radical (unpaired) electrons. The summed E-state index contributed by atoms with van der Waals surface area (Å²) in [6.45, 7) is 4.84. The van der Waals surface area contributed by atoms with Crippen molar-refractivity contribution in [3.8, 4) is 5.75 Å². The van der Waals surface area contributed by atoms with Gasteiger partial charge in [-0.2, -0.15) is 0 Å². The number of carbonyl (C=O) groups is 1. The maximum Gasteiger partial charge on any atom is 0.191 e. The molecule has 0 aliphatic rings. The van der Waals surface area contributed by atoms with Crippen LogP contribution >= 0.6 is 0 Å². The van der Waals surface area contributed by atoms with Gasteiger partial charge in [-0.1, -0.05) is 0 Å². The van der Waals surface area contributed by atoms with Crippen LogP contribution in [-0.4, -0.2) is 32.4 Å². The molecule has 0 amide bonds. The van der Waals surface area contributed by atoms with E-state index in [1.807, 2.05) is 13.8 Å². The van der Waals surface area contributed by atoms with Gasteiger partial charge in [-0.05, 0) is 32.0 Å². The summed E-state index contributed by atoms with van der Waals surface area (Å²) in [5.74, 6) is -0.161. The molecule has 0 atom stereocenters. The van der Waals surface area contributed by atoms with Crippen molar-refractivity contribution in [2.45, 2.75) is 20.1 Å². The molecule has 1 aromatic carbocycles. The normalized spacial score (nSPS) is 10.7. The van der Waals surface area contributed by atoms with Crippen molar-refractivity contribution in [3.05, 3.63) is 29.6 Å². The minimum Gasteiger partial charge on any atom is -0.488 e. The second-order valence-electron chi connectivity index (χ2n) is 3.45. The van der Waals surface area contributed by atoms with Gasteiger partial charge in [-0.3, -0.25) is 4.79 Å². The summed E-state index contributed by atoms with van der Waals surface area (Å²) in [5.41, 5.74) is 0.168. The maximum atomic E-state index is 12.9. The van der Waals surface area contributed by atoms with Gasteiger partial charge in [0, 0.05) is 13.2 Å². The fourth-order valence-electron chi connectivity index (χ4n) is 1.42. The number of ether oxygens (including phenoxy) is 3. The maximum absolute atomic E-state index is 12.9. The Labute approximate surface area is 106 Å². The SMILES string of the molecule is CCOC(COc1ccc(F)cc1C=O)OCC. The Bertz CT molecular complexity index is 375. The lowest BCUT2D eigenvalue weighted by Gasteiger charge is -2.18. The second kappa shape index (κ2) is 7.79. The van der Waals surface area contributed by atoms with Crippen LogP contribution in [0.3, 0.4) is 0 Å². The summed E-state index contributed by atoms with van der Waals surface area (Å²) in [4.78, 5) is 10.8. The van der Waals surface area contributed by atoms with Crippen LogP contribution in [0.5, 0.6) is 5.75 Å². The largest absolute Gasteiger partial charge is 0.488 e. The molecule has 0 aliphatic heterocycles. The van der Waals surface area contributed by atoms with E-state index in [-0.39, 0.29) is 12.2 Å². The molecule has 0 N–H and O–H groups in total. The van der Waals surface area contributed by atoms with E-state index in [4.69, 9.17) is 14.2 Å². The third-order valence-corrected chi connectivity index (χ3v) is 2.18. The third kappa shape index (κ3) is 4.43. The van der Waals surface area contributed by atoms with Crippen molar-refractivity contribution in [1.29, 1.82) is 0 Å². The van der Waals surface area contributed by atoms with E-state index in [0.717, 1.165) is 6.07 Å². The van der Waals surface area contributed by atoms with Crippen LogP contribution in [0, 0.1) is 5.82 Å². The van der Waals surface area contributed by atoms with Crippen molar-refractivity contribution in [2.24, 2.45) is 0 Å². The molecule has 4 nitrogen and oxygen atoms in total. The molecule has 5 heteroatoms. The molecule has 18 heavy (non-hydrogen) atoms. The summed E-state index contributed by atoms with van der Waals surface area (Å²) in [7, 11) is 0. The Morgan fingerprint density at radius 3 is 2.50 bits per heavy atom. The van der Waals surface area contributed by atoms with Gasteiger partial charge in [0.15, 0.2) is 12.6 Å². The van der Waals surface area contributed by atoms with Gasteiger partial charge < -0.3 is 14.2 Å². The second-order valence-corrected chi connectivity index (χ2v) is 3.45. The highest BCUT2D eigenvalue weighted by Gasteiger charge is 2.11. The summed E-state index contributed by atoms with van der Waals surface area (Å²) in [6.07, 6.45) is 0.0546.